The summed E-state index contributed by atoms with van der Waals surface area (Å²) < 4.78 is 6.52. The van der Waals surface area contributed by atoms with Gasteiger partial charge >= 0.3 is 0 Å². The van der Waals surface area contributed by atoms with Crippen molar-refractivity contribution in [3.63, 3.8) is 0 Å². The van der Waals surface area contributed by atoms with Gasteiger partial charge in [0, 0.05) is 36.3 Å². The van der Waals surface area contributed by atoms with Gasteiger partial charge in [0.1, 0.15) is 6.61 Å². The summed E-state index contributed by atoms with van der Waals surface area (Å²) >= 11 is 0. The molecule has 3 heterocycles. The van der Waals surface area contributed by atoms with Crippen molar-refractivity contribution in [3.8, 4) is 22.6 Å². The van der Waals surface area contributed by atoms with E-state index in [4.69, 9.17) is 4.74 Å². The highest BCUT2D eigenvalue weighted by Gasteiger charge is 2.11. The molecule has 0 atom stereocenters. The van der Waals surface area contributed by atoms with E-state index < -0.39 is 0 Å². The van der Waals surface area contributed by atoms with Crippen molar-refractivity contribution in [1.82, 2.24) is 24.8 Å². The van der Waals surface area contributed by atoms with Crippen LogP contribution < -0.4 is 5.32 Å². The molecule has 0 fully saturated rings. The Labute approximate surface area is 154 Å². The molecule has 0 bridgehead atoms. The first-order valence-corrected chi connectivity index (χ1v) is 8.27. The maximum absolute atomic E-state index is 11.6. The summed E-state index contributed by atoms with van der Waals surface area (Å²) in [7, 11) is 1.48. The van der Waals surface area contributed by atoms with Crippen LogP contribution in [0.15, 0.2) is 60.9 Å². The van der Waals surface area contributed by atoms with Gasteiger partial charge in [0.15, 0.2) is 11.5 Å². The van der Waals surface area contributed by atoms with Crippen molar-refractivity contribution in [1.29, 1.82) is 0 Å². The van der Waals surface area contributed by atoms with Crippen molar-refractivity contribution < 1.29 is 9.53 Å². The molecule has 0 unspecified atom stereocenters. The summed E-state index contributed by atoms with van der Waals surface area (Å²) in [6, 6.07) is 14.9. The Kier molecular flexibility index (Phi) is 4.54. The lowest BCUT2D eigenvalue weighted by Crippen LogP contribution is -2.16. The minimum Gasteiger partial charge on any atom is -0.375 e. The Morgan fingerprint density at radius 3 is 2.52 bits per heavy atom. The zero-order valence-corrected chi connectivity index (χ0v) is 14.5. The third-order valence-corrected chi connectivity index (χ3v) is 3.94. The molecule has 27 heavy (non-hydrogen) atoms. The number of aromatic nitrogens is 5. The van der Waals surface area contributed by atoms with Crippen LogP contribution >= 0.6 is 0 Å². The second kappa shape index (κ2) is 7.30. The van der Waals surface area contributed by atoms with Gasteiger partial charge in [-0.05, 0) is 36.4 Å². The lowest BCUT2D eigenvalue weighted by Gasteiger charge is -2.06. The summed E-state index contributed by atoms with van der Waals surface area (Å²) in [6.07, 6.45) is 3.41. The molecule has 8 heteroatoms. The van der Waals surface area contributed by atoms with Gasteiger partial charge in [-0.25, -0.2) is 0 Å². The maximum atomic E-state index is 11.6. The third-order valence-electron chi connectivity index (χ3n) is 3.94. The zero-order valence-electron chi connectivity index (χ0n) is 14.5. The van der Waals surface area contributed by atoms with Crippen LogP contribution in [-0.2, 0) is 9.53 Å². The lowest BCUT2D eigenvalue weighted by atomic mass is 10.1. The monoisotopic (exact) mass is 360 g/mol. The van der Waals surface area contributed by atoms with Gasteiger partial charge < -0.3 is 10.1 Å². The first-order valence-electron chi connectivity index (χ1n) is 8.27. The second-order valence-electron chi connectivity index (χ2n) is 5.81. The molecule has 0 saturated carbocycles. The molecular formula is C19H16N6O2. The van der Waals surface area contributed by atoms with Gasteiger partial charge in [0.2, 0.25) is 5.91 Å². The Morgan fingerprint density at radius 2 is 1.78 bits per heavy atom. The number of fused-ring (bicyclic) bond motifs is 1. The normalized spacial score (nSPS) is 10.9. The van der Waals surface area contributed by atoms with Crippen molar-refractivity contribution in [2.75, 3.05) is 19.0 Å². The summed E-state index contributed by atoms with van der Waals surface area (Å²) in [6.45, 7) is 0.0192. The maximum Gasteiger partial charge on any atom is 0.250 e. The fourth-order valence-electron chi connectivity index (χ4n) is 2.68. The topological polar surface area (TPSA) is 94.3 Å². The molecule has 1 aromatic carbocycles. The van der Waals surface area contributed by atoms with Crippen LogP contribution in [-0.4, -0.2) is 44.4 Å². The number of anilines is 1. The highest BCUT2D eigenvalue weighted by atomic mass is 16.5. The molecule has 0 aliphatic carbocycles. The van der Waals surface area contributed by atoms with E-state index in [1.165, 1.54) is 7.11 Å². The van der Waals surface area contributed by atoms with Crippen LogP contribution in [0.2, 0.25) is 0 Å². The molecule has 8 nitrogen and oxygen atoms in total. The quantitative estimate of drug-likeness (QED) is 0.587. The number of hydrogen-bond donors (Lipinski definition) is 1. The number of pyridine rings is 1. The molecule has 4 aromatic rings. The van der Waals surface area contributed by atoms with E-state index in [0.29, 0.717) is 17.2 Å². The number of benzene rings is 1. The number of amides is 1. The molecule has 0 aliphatic heterocycles. The second-order valence-corrected chi connectivity index (χ2v) is 5.81. The van der Waals surface area contributed by atoms with Crippen LogP contribution in [0.4, 0.5) is 5.69 Å². The van der Waals surface area contributed by atoms with E-state index in [1.54, 1.807) is 16.9 Å². The lowest BCUT2D eigenvalue weighted by molar-refractivity contribution is -0.119. The molecule has 3 aromatic heterocycles. The standard InChI is InChI=1S/C19H16N6O2/c1-27-12-18(26)21-15-4-2-13(3-5-15)16-6-7-17-22-23-19(25(17)24-16)14-8-10-20-11-9-14/h2-11H,12H2,1H3,(H,21,26). The summed E-state index contributed by atoms with van der Waals surface area (Å²) in [5, 5.41) is 15.8. The van der Waals surface area contributed by atoms with Crippen LogP contribution in [0.5, 0.6) is 0 Å². The molecule has 4 rings (SSSR count). The van der Waals surface area contributed by atoms with E-state index in [2.05, 4.69) is 25.6 Å². The van der Waals surface area contributed by atoms with Gasteiger partial charge in [-0.1, -0.05) is 12.1 Å². The SMILES string of the molecule is COCC(=O)Nc1ccc(-c2ccc3nnc(-c4ccncc4)n3n2)cc1. The highest BCUT2D eigenvalue weighted by molar-refractivity contribution is 5.91. The van der Waals surface area contributed by atoms with Gasteiger partial charge in [-0.15, -0.1) is 10.2 Å². The fraction of sp³-hybridized carbons (Fsp3) is 0.105. The van der Waals surface area contributed by atoms with Crippen LogP contribution in [0.25, 0.3) is 28.3 Å². The zero-order chi connectivity index (χ0) is 18.6. The van der Waals surface area contributed by atoms with Crippen LogP contribution in [0.3, 0.4) is 0 Å². The fourth-order valence-corrected chi connectivity index (χ4v) is 2.68. The van der Waals surface area contributed by atoms with E-state index in [-0.39, 0.29) is 12.5 Å². The Morgan fingerprint density at radius 1 is 1.00 bits per heavy atom. The van der Waals surface area contributed by atoms with E-state index >= 15 is 0 Å². The number of ether oxygens (including phenoxy) is 1. The van der Waals surface area contributed by atoms with Crippen molar-refractivity contribution in [2.45, 2.75) is 0 Å². The predicted molar refractivity (Wildman–Crippen MR) is 100.0 cm³/mol. The molecule has 1 amide bonds. The Balaban J connectivity index is 1.65. The van der Waals surface area contributed by atoms with E-state index in [9.17, 15) is 4.79 Å². The minimum atomic E-state index is -0.198. The molecule has 0 spiro atoms. The number of methoxy groups -OCH3 is 1. The van der Waals surface area contributed by atoms with Gasteiger partial charge in [-0.3, -0.25) is 9.78 Å². The average molecular weight is 360 g/mol. The molecule has 0 aliphatic rings. The number of carbonyl (C=O) groups is 1. The Bertz CT molecular complexity index is 1080. The molecule has 0 saturated heterocycles. The van der Waals surface area contributed by atoms with E-state index in [1.807, 2.05) is 48.5 Å². The molecular weight excluding hydrogens is 344 g/mol. The summed E-state index contributed by atoms with van der Waals surface area (Å²) in [5.74, 6) is 0.453. The van der Waals surface area contributed by atoms with Gasteiger partial charge in [0.05, 0.1) is 5.69 Å². The summed E-state index contributed by atoms with van der Waals surface area (Å²) in [5.41, 5.74) is 3.93. The third kappa shape index (κ3) is 3.51. The largest absolute Gasteiger partial charge is 0.375 e. The first-order chi connectivity index (χ1) is 13.2. The first kappa shape index (κ1) is 16.8. The van der Waals surface area contributed by atoms with Gasteiger partial charge in [-0.2, -0.15) is 9.61 Å². The average Bonchev–Trinajstić information content (AvgIpc) is 3.12. The van der Waals surface area contributed by atoms with Crippen LogP contribution in [0.1, 0.15) is 0 Å². The molecule has 0 radical (unpaired) electrons. The van der Waals surface area contributed by atoms with Gasteiger partial charge in [0.25, 0.3) is 0 Å². The number of carbonyl (C=O) groups excluding carboxylic acids is 1. The number of nitrogens with one attached hydrogen (secondary N) is 1. The van der Waals surface area contributed by atoms with Crippen LogP contribution in [0, 0.1) is 0 Å². The summed E-state index contributed by atoms with van der Waals surface area (Å²) in [4.78, 5) is 15.6. The Hall–Kier alpha value is -3.65. The highest BCUT2D eigenvalue weighted by Crippen LogP contribution is 2.22. The predicted octanol–water partition coefficient (Wildman–Crippen LogP) is 2.44. The molecule has 1 N–H and O–H groups in total. The number of nitrogens with zero attached hydrogens (tertiary/aromatic N) is 5. The van der Waals surface area contributed by atoms with Crippen molar-refractivity contribution >= 4 is 17.2 Å². The van der Waals surface area contributed by atoms with Crippen molar-refractivity contribution in [3.05, 3.63) is 60.9 Å². The smallest absolute Gasteiger partial charge is 0.250 e. The van der Waals surface area contributed by atoms with E-state index in [0.717, 1.165) is 16.8 Å². The number of rotatable bonds is 5. The minimum absolute atomic E-state index is 0.0192. The number of hydrogen-bond acceptors (Lipinski definition) is 6. The van der Waals surface area contributed by atoms with Crippen molar-refractivity contribution in [2.24, 2.45) is 0 Å². The molecule has 134 valence electrons.